The molecule has 4 aromatic rings. The number of fused-ring (bicyclic) bond motifs is 1. The molecule has 1 aromatic heterocycles. The van der Waals surface area contributed by atoms with Gasteiger partial charge in [-0.2, -0.15) is 0 Å². The summed E-state index contributed by atoms with van der Waals surface area (Å²) in [5.41, 5.74) is 3.29. The smallest absolute Gasteiger partial charge is 0.339 e. The first-order chi connectivity index (χ1) is 17.0. The van der Waals surface area contributed by atoms with Gasteiger partial charge in [-0.15, -0.1) is 0 Å². The molecule has 0 radical (unpaired) electrons. The van der Waals surface area contributed by atoms with Crippen LogP contribution in [0.15, 0.2) is 82.0 Å². The van der Waals surface area contributed by atoms with Gasteiger partial charge in [-0.3, -0.25) is 4.79 Å². The highest BCUT2D eigenvalue weighted by Crippen LogP contribution is 2.26. The fourth-order valence-corrected chi connectivity index (χ4v) is 4.19. The second-order valence-corrected chi connectivity index (χ2v) is 8.27. The van der Waals surface area contributed by atoms with Crippen molar-refractivity contribution in [1.29, 1.82) is 0 Å². The van der Waals surface area contributed by atoms with Crippen LogP contribution in [0.3, 0.4) is 0 Å². The number of methoxy groups -OCH3 is 1. The molecule has 1 amide bonds. The van der Waals surface area contributed by atoms with E-state index in [9.17, 15) is 9.59 Å². The van der Waals surface area contributed by atoms with Gasteiger partial charge >= 0.3 is 5.63 Å². The summed E-state index contributed by atoms with van der Waals surface area (Å²) in [7, 11) is 1.56. The maximum Gasteiger partial charge on any atom is 0.339 e. The topological polar surface area (TPSA) is 77.8 Å². The molecule has 1 N–H and O–H groups in total. The average Bonchev–Trinajstić information content (AvgIpc) is 2.88. The van der Waals surface area contributed by atoms with E-state index in [0.29, 0.717) is 23.5 Å². The minimum Gasteiger partial charge on any atom is -0.497 e. The Hall–Kier alpha value is -4.06. The molecule has 6 nitrogen and oxygen atoms in total. The maximum atomic E-state index is 13.0. The van der Waals surface area contributed by atoms with Crippen molar-refractivity contribution in [3.8, 4) is 11.5 Å². The van der Waals surface area contributed by atoms with Gasteiger partial charge in [0.05, 0.1) is 19.8 Å². The van der Waals surface area contributed by atoms with Crippen LogP contribution >= 0.6 is 0 Å². The van der Waals surface area contributed by atoms with E-state index in [1.165, 1.54) is 0 Å². The Morgan fingerprint density at radius 2 is 1.66 bits per heavy atom. The van der Waals surface area contributed by atoms with Crippen molar-refractivity contribution in [3.05, 3.63) is 105 Å². The number of carbonyl (C=O) groups is 1. The highest BCUT2D eigenvalue weighted by atomic mass is 16.5. The van der Waals surface area contributed by atoms with Gasteiger partial charge in [0, 0.05) is 23.4 Å². The minimum absolute atomic E-state index is 0.152. The third-order valence-electron chi connectivity index (χ3n) is 6.06. The van der Waals surface area contributed by atoms with Crippen molar-refractivity contribution in [3.63, 3.8) is 0 Å². The number of ether oxygens (including phenoxy) is 2. The van der Waals surface area contributed by atoms with E-state index in [4.69, 9.17) is 13.9 Å². The number of carbonyl (C=O) groups excluding carboxylic acids is 1. The lowest BCUT2D eigenvalue weighted by Gasteiger charge is -2.20. The quantitative estimate of drug-likeness (QED) is 0.333. The van der Waals surface area contributed by atoms with Crippen molar-refractivity contribution in [1.82, 2.24) is 5.32 Å². The molecule has 6 heteroatoms. The molecular weight excluding hydrogens is 442 g/mol. The summed E-state index contributed by atoms with van der Waals surface area (Å²) in [6.45, 7) is 4.41. The number of aryl methyl sites for hydroxylation is 1. The Bertz CT molecular complexity index is 1360. The summed E-state index contributed by atoms with van der Waals surface area (Å²) in [5.74, 6) is 1.25. The molecule has 0 aliphatic rings. The van der Waals surface area contributed by atoms with Crippen LogP contribution in [-0.4, -0.2) is 19.6 Å². The van der Waals surface area contributed by atoms with Crippen molar-refractivity contribution < 1.29 is 18.7 Å². The molecule has 3 aromatic carbocycles. The Morgan fingerprint density at radius 1 is 0.971 bits per heavy atom. The molecule has 0 fully saturated rings. The van der Waals surface area contributed by atoms with Gasteiger partial charge in [-0.05, 0) is 61.2 Å². The SMILES string of the molecule is CCOc1ccc(C(NC(=O)CCc2c(C)c3ccc(OC)cc3oc2=O)c2ccccc2)cc1. The third-order valence-corrected chi connectivity index (χ3v) is 6.06. The highest BCUT2D eigenvalue weighted by molar-refractivity contribution is 5.83. The number of rotatable bonds is 9. The second-order valence-electron chi connectivity index (χ2n) is 8.27. The molecule has 4 rings (SSSR count). The maximum absolute atomic E-state index is 13.0. The molecule has 0 spiro atoms. The molecule has 1 heterocycles. The fourth-order valence-electron chi connectivity index (χ4n) is 4.19. The van der Waals surface area contributed by atoms with E-state index >= 15 is 0 Å². The van der Waals surface area contributed by atoms with Gasteiger partial charge in [0.1, 0.15) is 17.1 Å². The summed E-state index contributed by atoms with van der Waals surface area (Å²) in [6.07, 6.45) is 0.445. The first kappa shape index (κ1) is 24.1. The first-order valence-corrected chi connectivity index (χ1v) is 11.7. The zero-order valence-corrected chi connectivity index (χ0v) is 20.2. The number of amides is 1. The van der Waals surface area contributed by atoms with Crippen molar-refractivity contribution in [2.75, 3.05) is 13.7 Å². The summed E-state index contributed by atoms with van der Waals surface area (Å²) in [4.78, 5) is 25.7. The van der Waals surface area contributed by atoms with Gasteiger partial charge in [0.25, 0.3) is 0 Å². The zero-order valence-electron chi connectivity index (χ0n) is 20.2. The van der Waals surface area contributed by atoms with Crippen LogP contribution in [0.25, 0.3) is 11.0 Å². The lowest BCUT2D eigenvalue weighted by Crippen LogP contribution is -2.30. The predicted molar refractivity (Wildman–Crippen MR) is 136 cm³/mol. The normalized spacial score (nSPS) is 11.7. The molecular formula is C29H29NO5. The van der Waals surface area contributed by atoms with E-state index < -0.39 is 5.63 Å². The van der Waals surface area contributed by atoms with Gasteiger partial charge < -0.3 is 19.2 Å². The van der Waals surface area contributed by atoms with E-state index in [1.807, 2.05) is 80.6 Å². The number of hydrogen-bond acceptors (Lipinski definition) is 5. The van der Waals surface area contributed by atoms with Gasteiger partial charge in [-0.1, -0.05) is 42.5 Å². The highest BCUT2D eigenvalue weighted by Gasteiger charge is 2.19. The molecule has 0 bridgehead atoms. The summed E-state index contributed by atoms with van der Waals surface area (Å²) in [5, 5.41) is 3.96. The summed E-state index contributed by atoms with van der Waals surface area (Å²) in [6, 6.07) is 22.6. The van der Waals surface area contributed by atoms with Crippen LogP contribution in [-0.2, 0) is 11.2 Å². The predicted octanol–water partition coefficient (Wildman–Crippen LogP) is 5.35. The Labute approximate surface area is 204 Å². The van der Waals surface area contributed by atoms with Crippen LogP contribution in [0, 0.1) is 6.92 Å². The molecule has 0 saturated carbocycles. The molecule has 0 aliphatic heterocycles. The van der Waals surface area contributed by atoms with Crippen molar-refractivity contribution >= 4 is 16.9 Å². The minimum atomic E-state index is -0.429. The molecule has 180 valence electrons. The lowest BCUT2D eigenvalue weighted by molar-refractivity contribution is -0.121. The Morgan fingerprint density at radius 3 is 2.34 bits per heavy atom. The molecule has 0 saturated heterocycles. The van der Waals surface area contributed by atoms with E-state index in [0.717, 1.165) is 27.8 Å². The molecule has 35 heavy (non-hydrogen) atoms. The lowest BCUT2D eigenvalue weighted by atomic mass is 9.97. The first-order valence-electron chi connectivity index (χ1n) is 11.7. The van der Waals surface area contributed by atoms with Gasteiger partial charge in [0.2, 0.25) is 5.91 Å². The van der Waals surface area contributed by atoms with Gasteiger partial charge in [0.15, 0.2) is 0 Å². The van der Waals surface area contributed by atoms with Crippen molar-refractivity contribution in [2.45, 2.75) is 32.7 Å². The van der Waals surface area contributed by atoms with Crippen LogP contribution in [0.1, 0.15) is 41.6 Å². The zero-order chi connectivity index (χ0) is 24.8. The molecule has 0 aliphatic carbocycles. The van der Waals surface area contributed by atoms with Crippen molar-refractivity contribution in [2.24, 2.45) is 0 Å². The fraction of sp³-hybridized carbons (Fsp3) is 0.241. The third kappa shape index (κ3) is 5.54. The number of nitrogens with one attached hydrogen (secondary N) is 1. The summed E-state index contributed by atoms with van der Waals surface area (Å²) >= 11 is 0. The standard InChI is InChI=1S/C29H29NO5/c1-4-34-22-12-10-21(11-13-22)28(20-8-6-5-7-9-20)30-27(31)17-16-25-19(2)24-15-14-23(33-3)18-26(24)35-29(25)32/h5-15,18,28H,4,16-17H2,1-3H3,(H,30,31). The molecule has 1 unspecified atom stereocenters. The number of hydrogen-bond donors (Lipinski definition) is 1. The van der Waals surface area contributed by atoms with E-state index in [2.05, 4.69) is 5.32 Å². The number of benzene rings is 3. The Kier molecular flexibility index (Phi) is 7.51. The second kappa shape index (κ2) is 10.9. The van der Waals surface area contributed by atoms with E-state index in [-0.39, 0.29) is 24.8 Å². The Balaban J connectivity index is 1.53. The van der Waals surface area contributed by atoms with Gasteiger partial charge in [-0.25, -0.2) is 4.79 Å². The van der Waals surface area contributed by atoms with Crippen LogP contribution in [0.4, 0.5) is 0 Å². The summed E-state index contributed by atoms with van der Waals surface area (Å²) < 4.78 is 16.3. The average molecular weight is 472 g/mol. The van der Waals surface area contributed by atoms with Crippen LogP contribution in [0.2, 0.25) is 0 Å². The monoisotopic (exact) mass is 471 g/mol. The van der Waals surface area contributed by atoms with Crippen LogP contribution in [0.5, 0.6) is 11.5 Å². The molecule has 1 atom stereocenters. The van der Waals surface area contributed by atoms with E-state index in [1.54, 1.807) is 13.2 Å². The largest absolute Gasteiger partial charge is 0.497 e. The van der Waals surface area contributed by atoms with Crippen LogP contribution < -0.4 is 20.4 Å².